The van der Waals surface area contributed by atoms with Crippen LogP contribution in [-0.2, 0) is 5.88 Å². The van der Waals surface area contributed by atoms with E-state index in [1.165, 1.54) is 12.4 Å². The Bertz CT molecular complexity index is 537. The van der Waals surface area contributed by atoms with E-state index in [4.69, 9.17) is 16.3 Å². The molecule has 0 saturated carbocycles. The average molecular weight is 257 g/mol. The molecular formula is C11H7ClF2N2O. The van der Waals surface area contributed by atoms with E-state index >= 15 is 0 Å². The highest BCUT2D eigenvalue weighted by Gasteiger charge is 2.07. The van der Waals surface area contributed by atoms with Gasteiger partial charge in [0.15, 0.2) is 11.6 Å². The maximum Gasteiger partial charge on any atom is 0.238 e. The standard InChI is InChI=1S/C11H7ClF2N2O/c12-4-8-5-15-6-11(16-8)17-10-3-7(13)1-2-9(10)14/h1-3,5-6H,4H2. The molecular weight excluding hydrogens is 250 g/mol. The van der Waals surface area contributed by atoms with E-state index in [2.05, 4.69) is 9.97 Å². The van der Waals surface area contributed by atoms with E-state index in [0.29, 0.717) is 5.69 Å². The van der Waals surface area contributed by atoms with Crippen LogP contribution in [0, 0.1) is 11.6 Å². The van der Waals surface area contributed by atoms with Crippen LogP contribution in [0.5, 0.6) is 11.6 Å². The minimum atomic E-state index is -0.676. The Morgan fingerprint density at radius 3 is 2.82 bits per heavy atom. The zero-order valence-electron chi connectivity index (χ0n) is 8.53. The second kappa shape index (κ2) is 5.05. The number of rotatable bonds is 3. The van der Waals surface area contributed by atoms with E-state index in [-0.39, 0.29) is 17.5 Å². The molecule has 0 aliphatic carbocycles. The van der Waals surface area contributed by atoms with Crippen molar-refractivity contribution in [2.75, 3.05) is 0 Å². The molecule has 1 aromatic carbocycles. The van der Waals surface area contributed by atoms with Gasteiger partial charge in [-0.1, -0.05) is 0 Å². The maximum absolute atomic E-state index is 13.3. The van der Waals surface area contributed by atoms with Crippen LogP contribution in [0.3, 0.4) is 0 Å². The quantitative estimate of drug-likeness (QED) is 0.791. The minimum Gasteiger partial charge on any atom is -0.434 e. The van der Waals surface area contributed by atoms with Crippen LogP contribution in [0.15, 0.2) is 30.6 Å². The second-order valence-electron chi connectivity index (χ2n) is 3.16. The molecule has 0 unspecified atom stereocenters. The highest BCUT2D eigenvalue weighted by molar-refractivity contribution is 6.16. The Labute approximate surface area is 101 Å². The highest BCUT2D eigenvalue weighted by Crippen LogP contribution is 2.23. The molecule has 2 rings (SSSR count). The largest absolute Gasteiger partial charge is 0.434 e. The van der Waals surface area contributed by atoms with Crippen LogP contribution in [-0.4, -0.2) is 9.97 Å². The van der Waals surface area contributed by atoms with Gasteiger partial charge in [-0.05, 0) is 12.1 Å². The van der Waals surface area contributed by atoms with Gasteiger partial charge in [0.2, 0.25) is 5.88 Å². The fourth-order valence-corrected chi connectivity index (χ4v) is 1.30. The number of alkyl halides is 1. The van der Waals surface area contributed by atoms with Crippen LogP contribution >= 0.6 is 11.6 Å². The molecule has 0 aliphatic rings. The zero-order valence-corrected chi connectivity index (χ0v) is 9.29. The number of nitrogens with zero attached hydrogens (tertiary/aromatic N) is 2. The highest BCUT2D eigenvalue weighted by atomic mass is 35.5. The summed E-state index contributed by atoms with van der Waals surface area (Å²) in [6.07, 6.45) is 2.75. The molecule has 88 valence electrons. The van der Waals surface area contributed by atoms with E-state index < -0.39 is 11.6 Å². The first-order valence-electron chi connectivity index (χ1n) is 4.69. The number of aromatic nitrogens is 2. The fraction of sp³-hybridized carbons (Fsp3) is 0.0909. The number of halogens is 3. The lowest BCUT2D eigenvalue weighted by atomic mass is 10.3. The van der Waals surface area contributed by atoms with Gasteiger partial charge in [0.1, 0.15) is 5.82 Å². The van der Waals surface area contributed by atoms with Gasteiger partial charge in [-0.15, -0.1) is 11.6 Å². The van der Waals surface area contributed by atoms with E-state index in [1.54, 1.807) is 0 Å². The third-order valence-corrected chi connectivity index (χ3v) is 2.18. The Balaban J connectivity index is 2.27. The van der Waals surface area contributed by atoms with Gasteiger partial charge in [0, 0.05) is 12.3 Å². The molecule has 0 spiro atoms. The Morgan fingerprint density at radius 1 is 1.24 bits per heavy atom. The molecule has 0 N–H and O–H groups in total. The van der Waals surface area contributed by atoms with Crippen LogP contribution in [0.25, 0.3) is 0 Å². The van der Waals surface area contributed by atoms with E-state index in [9.17, 15) is 8.78 Å². The predicted octanol–water partition coefficient (Wildman–Crippen LogP) is 3.29. The summed E-state index contributed by atoms with van der Waals surface area (Å²) in [5.74, 6) is -1.29. The molecule has 1 heterocycles. The van der Waals surface area contributed by atoms with Gasteiger partial charge in [-0.3, -0.25) is 4.98 Å². The van der Waals surface area contributed by atoms with Crippen molar-refractivity contribution in [2.24, 2.45) is 0 Å². The average Bonchev–Trinajstić information content (AvgIpc) is 2.34. The summed E-state index contributed by atoms with van der Waals surface area (Å²) in [6, 6.07) is 2.91. The van der Waals surface area contributed by atoms with Gasteiger partial charge in [-0.25, -0.2) is 13.8 Å². The van der Waals surface area contributed by atoms with Crippen molar-refractivity contribution in [3.8, 4) is 11.6 Å². The third-order valence-electron chi connectivity index (χ3n) is 1.91. The Morgan fingerprint density at radius 2 is 2.06 bits per heavy atom. The van der Waals surface area contributed by atoms with Crippen molar-refractivity contribution in [1.82, 2.24) is 9.97 Å². The molecule has 2 aromatic rings. The lowest BCUT2D eigenvalue weighted by molar-refractivity contribution is 0.419. The van der Waals surface area contributed by atoms with Crippen LogP contribution in [0.1, 0.15) is 5.69 Å². The molecule has 6 heteroatoms. The molecule has 0 radical (unpaired) electrons. The van der Waals surface area contributed by atoms with Crippen molar-refractivity contribution in [3.63, 3.8) is 0 Å². The summed E-state index contributed by atoms with van der Waals surface area (Å²) in [5.41, 5.74) is 0.487. The normalized spacial score (nSPS) is 10.3. The van der Waals surface area contributed by atoms with Crippen molar-refractivity contribution in [3.05, 3.63) is 47.9 Å². The maximum atomic E-state index is 13.3. The monoisotopic (exact) mass is 256 g/mol. The van der Waals surface area contributed by atoms with Crippen molar-refractivity contribution >= 4 is 11.6 Å². The molecule has 0 atom stereocenters. The number of benzene rings is 1. The van der Waals surface area contributed by atoms with Gasteiger partial charge in [0.25, 0.3) is 0 Å². The molecule has 0 bridgehead atoms. The molecule has 3 nitrogen and oxygen atoms in total. The first-order valence-corrected chi connectivity index (χ1v) is 5.22. The van der Waals surface area contributed by atoms with Crippen molar-refractivity contribution < 1.29 is 13.5 Å². The third kappa shape index (κ3) is 2.88. The lowest BCUT2D eigenvalue weighted by Crippen LogP contribution is -1.95. The molecule has 17 heavy (non-hydrogen) atoms. The molecule has 0 aliphatic heterocycles. The molecule has 0 amide bonds. The smallest absolute Gasteiger partial charge is 0.238 e. The second-order valence-corrected chi connectivity index (χ2v) is 3.43. The predicted molar refractivity (Wildman–Crippen MR) is 58.0 cm³/mol. The van der Waals surface area contributed by atoms with Gasteiger partial charge in [-0.2, -0.15) is 0 Å². The van der Waals surface area contributed by atoms with Gasteiger partial charge < -0.3 is 4.74 Å². The van der Waals surface area contributed by atoms with E-state index in [1.807, 2.05) is 0 Å². The molecule has 0 fully saturated rings. The van der Waals surface area contributed by atoms with Crippen LogP contribution in [0.4, 0.5) is 8.78 Å². The topological polar surface area (TPSA) is 35.0 Å². The zero-order chi connectivity index (χ0) is 12.3. The summed E-state index contributed by atoms with van der Waals surface area (Å²) in [4.78, 5) is 7.77. The van der Waals surface area contributed by atoms with Crippen molar-refractivity contribution in [1.29, 1.82) is 0 Å². The summed E-state index contributed by atoms with van der Waals surface area (Å²) >= 11 is 5.57. The SMILES string of the molecule is Fc1ccc(F)c(Oc2cncc(CCl)n2)c1. The molecule has 1 aromatic heterocycles. The summed E-state index contributed by atoms with van der Waals surface area (Å²) in [7, 11) is 0. The van der Waals surface area contributed by atoms with E-state index in [0.717, 1.165) is 18.2 Å². The fourth-order valence-electron chi connectivity index (χ4n) is 1.17. The summed E-state index contributed by atoms with van der Waals surface area (Å²) < 4.78 is 31.2. The van der Waals surface area contributed by atoms with Gasteiger partial charge in [0.05, 0.1) is 17.8 Å². The summed E-state index contributed by atoms with van der Waals surface area (Å²) in [6.45, 7) is 0. The van der Waals surface area contributed by atoms with Gasteiger partial charge >= 0.3 is 0 Å². The van der Waals surface area contributed by atoms with Crippen molar-refractivity contribution in [2.45, 2.75) is 5.88 Å². The molecule has 0 saturated heterocycles. The van der Waals surface area contributed by atoms with Crippen LogP contribution < -0.4 is 4.74 Å². The minimum absolute atomic E-state index is 0.0626. The van der Waals surface area contributed by atoms with Crippen LogP contribution in [0.2, 0.25) is 0 Å². The Hall–Kier alpha value is -1.75. The lowest BCUT2D eigenvalue weighted by Gasteiger charge is -2.06. The number of hydrogen-bond donors (Lipinski definition) is 0. The first-order chi connectivity index (χ1) is 8.19. The summed E-state index contributed by atoms with van der Waals surface area (Å²) in [5, 5.41) is 0. The Kier molecular flexibility index (Phi) is 3.49. The number of hydrogen-bond acceptors (Lipinski definition) is 3. The first kappa shape index (κ1) is 11.7. The number of ether oxygens (including phenoxy) is 1.